The molecule has 2 aromatic carbocycles. The second-order valence-corrected chi connectivity index (χ2v) is 5.02. The molecule has 0 unspecified atom stereocenters. The van der Waals surface area contributed by atoms with Crippen LogP contribution in [0.3, 0.4) is 0 Å². The van der Waals surface area contributed by atoms with Crippen LogP contribution in [0.15, 0.2) is 53.5 Å². The standard InChI is InChI=1S/C17H14N2O4/c20-16(21)8-12-9-18-15(19-17(12)22)10-23-14-7-3-5-11-4-1-2-6-13(11)14/h1-7,9H,8,10H2,(H,20,21)(H,18,19,22). The third-order valence-corrected chi connectivity index (χ3v) is 3.38. The van der Waals surface area contributed by atoms with E-state index in [9.17, 15) is 9.59 Å². The molecule has 6 heteroatoms. The van der Waals surface area contributed by atoms with Gasteiger partial charge in [0.25, 0.3) is 5.56 Å². The first-order valence-electron chi connectivity index (χ1n) is 7.03. The first-order valence-corrected chi connectivity index (χ1v) is 7.03. The van der Waals surface area contributed by atoms with E-state index >= 15 is 0 Å². The summed E-state index contributed by atoms with van der Waals surface area (Å²) < 4.78 is 5.73. The van der Waals surface area contributed by atoms with E-state index in [1.165, 1.54) is 6.20 Å². The van der Waals surface area contributed by atoms with Gasteiger partial charge >= 0.3 is 5.97 Å². The van der Waals surface area contributed by atoms with Crippen molar-refractivity contribution in [2.45, 2.75) is 13.0 Å². The second-order valence-electron chi connectivity index (χ2n) is 5.02. The van der Waals surface area contributed by atoms with E-state index in [-0.39, 0.29) is 18.6 Å². The Balaban J connectivity index is 1.79. The van der Waals surface area contributed by atoms with Gasteiger partial charge in [0.15, 0.2) is 0 Å². The van der Waals surface area contributed by atoms with Crippen LogP contribution in [0.25, 0.3) is 10.8 Å². The van der Waals surface area contributed by atoms with Crippen molar-refractivity contribution in [2.75, 3.05) is 0 Å². The number of aromatic nitrogens is 2. The average Bonchev–Trinajstić information content (AvgIpc) is 2.55. The molecular weight excluding hydrogens is 296 g/mol. The average molecular weight is 310 g/mol. The van der Waals surface area contributed by atoms with Crippen LogP contribution in [0.5, 0.6) is 5.75 Å². The lowest BCUT2D eigenvalue weighted by molar-refractivity contribution is -0.136. The van der Waals surface area contributed by atoms with Gasteiger partial charge in [-0.1, -0.05) is 36.4 Å². The van der Waals surface area contributed by atoms with Crippen molar-refractivity contribution in [3.8, 4) is 5.75 Å². The number of aliphatic carboxylic acids is 1. The molecule has 1 heterocycles. The van der Waals surface area contributed by atoms with Gasteiger partial charge in [-0.25, -0.2) is 4.98 Å². The van der Waals surface area contributed by atoms with Crippen molar-refractivity contribution in [3.05, 3.63) is 70.4 Å². The fourth-order valence-electron chi connectivity index (χ4n) is 2.29. The number of carboxylic acid groups (broad SMARTS) is 1. The monoisotopic (exact) mass is 310 g/mol. The molecule has 0 fully saturated rings. The fourth-order valence-corrected chi connectivity index (χ4v) is 2.29. The summed E-state index contributed by atoms with van der Waals surface area (Å²) in [7, 11) is 0. The molecule has 0 saturated heterocycles. The molecule has 116 valence electrons. The van der Waals surface area contributed by atoms with Crippen LogP contribution >= 0.6 is 0 Å². The summed E-state index contributed by atoms with van der Waals surface area (Å²) in [4.78, 5) is 29.0. The molecule has 1 aromatic heterocycles. The molecule has 6 nitrogen and oxygen atoms in total. The normalized spacial score (nSPS) is 10.6. The topological polar surface area (TPSA) is 92.3 Å². The summed E-state index contributed by atoms with van der Waals surface area (Å²) in [5.74, 6) is -0.0329. The number of nitrogens with one attached hydrogen (secondary N) is 1. The molecule has 0 amide bonds. The predicted octanol–water partition coefficient (Wildman–Crippen LogP) is 2.13. The van der Waals surface area contributed by atoms with Crippen LogP contribution in [0.4, 0.5) is 0 Å². The van der Waals surface area contributed by atoms with Crippen LogP contribution in [-0.4, -0.2) is 21.0 Å². The zero-order valence-electron chi connectivity index (χ0n) is 12.2. The Labute approximate surface area is 131 Å². The maximum Gasteiger partial charge on any atom is 0.308 e. The highest BCUT2D eigenvalue weighted by molar-refractivity contribution is 5.88. The molecule has 3 rings (SSSR count). The number of rotatable bonds is 5. The van der Waals surface area contributed by atoms with Crippen LogP contribution in [-0.2, 0) is 17.8 Å². The minimum absolute atomic E-state index is 0.0938. The van der Waals surface area contributed by atoms with Gasteiger partial charge in [-0.3, -0.25) is 9.59 Å². The Morgan fingerprint density at radius 2 is 1.96 bits per heavy atom. The SMILES string of the molecule is O=C(O)Cc1cnc(COc2cccc3ccccc23)[nH]c1=O. The van der Waals surface area contributed by atoms with E-state index in [2.05, 4.69) is 9.97 Å². The van der Waals surface area contributed by atoms with Gasteiger partial charge < -0.3 is 14.8 Å². The van der Waals surface area contributed by atoms with Gasteiger partial charge in [0.2, 0.25) is 0 Å². The number of aromatic amines is 1. The molecule has 2 N–H and O–H groups in total. The van der Waals surface area contributed by atoms with E-state index in [1.54, 1.807) is 0 Å². The van der Waals surface area contributed by atoms with Crippen molar-refractivity contribution in [1.29, 1.82) is 0 Å². The summed E-state index contributed by atoms with van der Waals surface area (Å²) in [5, 5.41) is 10.7. The highest BCUT2D eigenvalue weighted by atomic mass is 16.5. The summed E-state index contributed by atoms with van der Waals surface area (Å²) >= 11 is 0. The number of hydrogen-bond acceptors (Lipinski definition) is 4. The molecular formula is C17H14N2O4. The smallest absolute Gasteiger partial charge is 0.308 e. The molecule has 0 spiro atoms. The fraction of sp³-hybridized carbons (Fsp3) is 0.118. The highest BCUT2D eigenvalue weighted by Crippen LogP contribution is 2.25. The van der Waals surface area contributed by atoms with Crippen molar-refractivity contribution in [2.24, 2.45) is 0 Å². The first kappa shape index (κ1) is 14.8. The van der Waals surface area contributed by atoms with Crippen molar-refractivity contribution < 1.29 is 14.6 Å². The van der Waals surface area contributed by atoms with Crippen molar-refractivity contribution in [1.82, 2.24) is 9.97 Å². The van der Waals surface area contributed by atoms with Gasteiger partial charge in [0.05, 0.1) is 6.42 Å². The molecule has 0 aliphatic carbocycles. The number of ether oxygens (including phenoxy) is 1. The summed E-state index contributed by atoms with van der Waals surface area (Å²) in [6.07, 6.45) is 0.918. The number of H-pyrrole nitrogens is 1. The van der Waals surface area contributed by atoms with Crippen molar-refractivity contribution in [3.63, 3.8) is 0 Å². The number of benzene rings is 2. The Kier molecular flexibility index (Phi) is 4.05. The van der Waals surface area contributed by atoms with E-state index < -0.39 is 11.5 Å². The van der Waals surface area contributed by atoms with Crippen molar-refractivity contribution >= 4 is 16.7 Å². The van der Waals surface area contributed by atoms with E-state index in [0.29, 0.717) is 11.6 Å². The number of nitrogens with zero attached hydrogens (tertiary/aromatic N) is 1. The lowest BCUT2D eigenvalue weighted by Gasteiger charge is -2.09. The Bertz CT molecular complexity index is 912. The number of hydrogen-bond donors (Lipinski definition) is 2. The summed E-state index contributed by atoms with van der Waals surface area (Å²) in [5.41, 5.74) is -0.342. The minimum Gasteiger partial charge on any atom is -0.485 e. The quantitative estimate of drug-likeness (QED) is 0.753. The van der Waals surface area contributed by atoms with Crippen LogP contribution in [0.1, 0.15) is 11.4 Å². The lowest BCUT2D eigenvalue weighted by Crippen LogP contribution is -2.19. The Hall–Kier alpha value is -3.15. The van der Waals surface area contributed by atoms with E-state index in [0.717, 1.165) is 10.8 Å². The zero-order chi connectivity index (χ0) is 16.2. The van der Waals surface area contributed by atoms with Gasteiger partial charge in [0.1, 0.15) is 18.2 Å². The summed E-state index contributed by atoms with van der Waals surface area (Å²) in [6.45, 7) is 0.0938. The van der Waals surface area contributed by atoms with Gasteiger partial charge in [-0.2, -0.15) is 0 Å². The molecule has 0 atom stereocenters. The number of fused-ring (bicyclic) bond motifs is 1. The van der Waals surface area contributed by atoms with Crippen LogP contribution < -0.4 is 10.3 Å². The summed E-state index contributed by atoms with van der Waals surface area (Å²) in [6, 6.07) is 13.5. The predicted molar refractivity (Wildman–Crippen MR) is 84.5 cm³/mol. The second kappa shape index (κ2) is 6.31. The highest BCUT2D eigenvalue weighted by Gasteiger charge is 2.08. The largest absolute Gasteiger partial charge is 0.485 e. The molecule has 0 saturated carbocycles. The Morgan fingerprint density at radius 1 is 1.17 bits per heavy atom. The molecule has 0 radical (unpaired) electrons. The van der Waals surface area contributed by atoms with Crippen LogP contribution in [0, 0.1) is 0 Å². The lowest BCUT2D eigenvalue weighted by atomic mass is 10.1. The maximum absolute atomic E-state index is 11.8. The number of carbonyl (C=O) groups is 1. The van der Waals surface area contributed by atoms with Gasteiger partial charge in [-0.05, 0) is 11.5 Å². The van der Waals surface area contributed by atoms with Gasteiger partial charge in [-0.15, -0.1) is 0 Å². The minimum atomic E-state index is -1.07. The molecule has 0 aliphatic rings. The molecule has 3 aromatic rings. The third-order valence-electron chi connectivity index (χ3n) is 3.38. The number of carboxylic acids is 1. The van der Waals surface area contributed by atoms with Crippen LogP contribution in [0.2, 0.25) is 0 Å². The molecule has 0 aliphatic heterocycles. The zero-order valence-corrected chi connectivity index (χ0v) is 12.2. The van der Waals surface area contributed by atoms with E-state index in [1.807, 2.05) is 42.5 Å². The molecule has 0 bridgehead atoms. The third kappa shape index (κ3) is 3.37. The Morgan fingerprint density at radius 3 is 2.74 bits per heavy atom. The van der Waals surface area contributed by atoms with Gasteiger partial charge in [0, 0.05) is 17.1 Å². The molecule has 23 heavy (non-hydrogen) atoms. The maximum atomic E-state index is 11.8. The van der Waals surface area contributed by atoms with E-state index in [4.69, 9.17) is 9.84 Å². The first-order chi connectivity index (χ1) is 11.1.